The molecule has 0 aliphatic carbocycles. The molecule has 5 heteroatoms. The zero-order chi connectivity index (χ0) is 16.7. The molecular weight excluding hydrogens is 290 g/mol. The molecule has 118 valence electrons. The lowest BCUT2D eigenvalue weighted by molar-refractivity contribution is -0.142. The van der Waals surface area contributed by atoms with Crippen molar-refractivity contribution in [3.63, 3.8) is 0 Å². The molecule has 0 aromatic heterocycles. The molecule has 23 heavy (non-hydrogen) atoms. The number of rotatable bonds is 6. The fourth-order valence-electron chi connectivity index (χ4n) is 2.87. The first-order valence-corrected chi connectivity index (χ1v) is 7.82. The molecule has 1 aromatic rings. The van der Waals surface area contributed by atoms with Crippen LogP contribution in [0.1, 0.15) is 31.2 Å². The van der Waals surface area contributed by atoms with Crippen LogP contribution in [0.4, 0.5) is 0 Å². The molecule has 2 amide bonds. The van der Waals surface area contributed by atoms with Crippen molar-refractivity contribution < 1.29 is 9.59 Å². The van der Waals surface area contributed by atoms with E-state index in [1.807, 2.05) is 42.5 Å². The lowest BCUT2D eigenvalue weighted by Gasteiger charge is -2.20. The van der Waals surface area contributed by atoms with E-state index in [-0.39, 0.29) is 24.2 Å². The molecule has 0 unspecified atom stereocenters. The normalized spacial score (nSPS) is 15.3. The molecule has 1 aliphatic heterocycles. The highest BCUT2D eigenvalue weighted by molar-refractivity contribution is 5.96. The summed E-state index contributed by atoms with van der Waals surface area (Å²) in [5, 5.41) is 18.3. The van der Waals surface area contributed by atoms with Crippen LogP contribution in [-0.4, -0.2) is 23.3 Å². The number of likely N-dealkylation sites (tertiary alicyclic amines) is 1. The van der Waals surface area contributed by atoms with Crippen molar-refractivity contribution in [2.24, 2.45) is 11.8 Å². The summed E-state index contributed by atoms with van der Waals surface area (Å²) in [6.45, 7) is 0.451. The number of hydrogen-bond donors (Lipinski definition) is 0. The summed E-state index contributed by atoms with van der Waals surface area (Å²) in [6, 6.07) is 13.7. The van der Waals surface area contributed by atoms with E-state index in [1.54, 1.807) is 0 Å². The van der Waals surface area contributed by atoms with E-state index in [4.69, 9.17) is 10.5 Å². The third-order valence-electron chi connectivity index (χ3n) is 4.21. The van der Waals surface area contributed by atoms with Crippen molar-refractivity contribution in [3.05, 3.63) is 35.9 Å². The summed E-state index contributed by atoms with van der Waals surface area (Å²) in [7, 11) is 0. The van der Waals surface area contributed by atoms with Crippen molar-refractivity contribution in [2.45, 2.75) is 32.1 Å². The molecule has 0 spiro atoms. The van der Waals surface area contributed by atoms with Gasteiger partial charge in [-0.2, -0.15) is 10.5 Å². The number of aryl methyl sites for hydroxylation is 1. The van der Waals surface area contributed by atoms with E-state index in [9.17, 15) is 9.59 Å². The molecule has 1 heterocycles. The maximum atomic E-state index is 12.3. The first-order valence-electron chi connectivity index (χ1n) is 7.82. The van der Waals surface area contributed by atoms with Crippen LogP contribution >= 0.6 is 0 Å². The summed E-state index contributed by atoms with van der Waals surface area (Å²) in [5.41, 5.74) is 1.11. The average Bonchev–Trinajstić information content (AvgIpc) is 3.00. The minimum atomic E-state index is -0.833. The van der Waals surface area contributed by atoms with Gasteiger partial charge in [0, 0.05) is 19.4 Å². The molecule has 0 bridgehead atoms. The van der Waals surface area contributed by atoms with E-state index < -0.39 is 5.92 Å². The topological polar surface area (TPSA) is 85.0 Å². The second kappa shape index (κ2) is 8.10. The van der Waals surface area contributed by atoms with Crippen LogP contribution in [0.3, 0.4) is 0 Å². The molecule has 1 aliphatic rings. The summed E-state index contributed by atoms with van der Waals surface area (Å²) in [4.78, 5) is 25.2. The zero-order valence-electron chi connectivity index (χ0n) is 12.9. The smallest absolute Gasteiger partial charge is 0.229 e. The Morgan fingerprint density at radius 3 is 2.48 bits per heavy atom. The first kappa shape index (κ1) is 16.7. The number of benzene rings is 1. The molecule has 0 N–H and O–H groups in total. The van der Waals surface area contributed by atoms with Gasteiger partial charge in [-0.15, -0.1) is 0 Å². The maximum Gasteiger partial charge on any atom is 0.229 e. The van der Waals surface area contributed by atoms with Crippen molar-refractivity contribution in [1.29, 1.82) is 10.5 Å². The Balaban J connectivity index is 2.02. The highest BCUT2D eigenvalue weighted by Gasteiger charge is 2.31. The van der Waals surface area contributed by atoms with Crippen molar-refractivity contribution in [3.8, 4) is 12.1 Å². The van der Waals surface area contributed by atoms with Gasteiger partial charge in [0.2, 0.25) is 11.8 Å². The van der Waals surface area contributed by atoms with Gasteiger partial charge in [-0.25, -0.2) is 0 Å². The Kier molecular flexibility index (Phi) is 5.88. The Morgan fingerprint density at radius 2 is 1.91 bits per heavy atom. The van der Waals surface area contributed by atoms with Gasteiger partial charge in [0.25, 0.3) is 0 Å². The molecule has 1 saturated heterocycles. The number of hydrogen-bond acceptors (Lipinski definition) is 4. The van der Waals surface area contributed by atoms with Gasteiger partial charge in [-0.3, -0.25) is 14.5 Å². The van der Waals surface area contributed by atoms with E-state index in [0.29, 0.717) is 32.2 Å². The van der Waals surface area contributed by atoms with Crippen molar-refractivity contribution >= 4 is 11.8 Å². The molecule has 1 fully saturated rings. The number of carbonyl (C=O) groups excluding carboxylic acids is 2. The highest BCUT2D eigenvalue weighted by Crippen LogP contribution is 2.24. The van der Waals surface area contributed by atoms with Gasteiger partial charge in [0.15, 0.2) is 0 Å². The number of carbonyl (C=O) groups is 2. The van der Waals surface area contributed by atoms with E-state index >= 15 is 0 Å². The molecule has 0 saturated carbocycles. The van der Waals surface area contributed by atoms with Gasteiger partial charge in [-0.05, 0) is 30.7 Å². The maximum absolute atomic E-state index is 12.3. The monoisotopic (exact) mass is 309 g/mol. The zero-order valence-corrected chi connectivity index (χ0v) is 12.9. The van der Waals surface area contributed by atoms with E-state index in [0.717, 1.165) is 5.56 Å². The number of amides is 2. The van der Waals surface area contributed by atoms with Crippen molar-refractivity contribution in [1.82, 2.24) is 4.90 Å². The van der Waals surface area contributed by atoms with Crippen LogP contribution in [0.15, 0.2) is 30.3 Å². The number of nitrogens with zero attached hydrogens (tertiary/aromatic N) is 3. The quantitative estimate of drug-likeness (QED) is 0.807. The standard InChI is InChI=1S/C18H19N3O2/c19-12-16(13-20)15(9-8-14-5-2-1-3-6-14)11-18(23)21-10-4-7-17(21)22/h1-3,5-6,15-16H,4,7-11H2/t15-/m1/s1. The number of nitriles is 2. The summed E-state index contributed by atoms with van der Waals surface area (Å²) >= 11 is 0. The Bertz CT molecular complexity index is 628. The summed E-state index contributed by atoms with van der Waals surface area (Å²) in [5.74, 6) is -1.60. The SMILES string of the molecule is N#CC(C#N)[C@H](CCc1ccccc1)CC(=O)N1CCCC1=O. The third-order valence-corrected chi connectivity index (χ3v) is 4.21. The van der Waals surface area contributed by atoms with Crippen molar-refractivity contribution in [2.75, 3.05) is 6.54 Å². The third kappa shape index (κ3) is 4.40. The van der Waals surface area contributed by atoms with Crippen LogP contribution in [-0.2, 0) is 16.0 Å². The van der Waals surface area contributed by atoms with Crippen LogP contribution in [0, 0.1) is 34.5 Å². The van der Waals surface area contributed by atoms with Gasteiger partial charge in [0.1, 0.15) is 5.92 Å². The lowest BCUT2D eigenvalue weighted by Crippen LogP contribution is -2.34. The average molecular weight is 309 g/mol. The Labute approximate surface area is 136 Å². The molecule has 2 rings (SSSR count). The van der Waals surface area contributed by atoms with Gasteiger partial charge in [0.05, 0.1) is 12.1 Å². The highest BCUT2D eigenvalue weighted by atomic mass is 16.2. The van der Waals surface area contributed by atoms with Gasteiger partial charge in [-0.1, -0.05) is 30.3 Å². The van der Waals surface area contributed by atoms with E-state index in [1.165, 1.54) is 4.90 Å². The predicted molar refractivity (Wildman–Crippen MR) is 83.5 cm³/mol. The fraction of sp³-hybridized carbons (Fsp3) is 0.444. The summed E-state index contributed by atoms with van der Waals surface area (Å²) < 4.78 is 0. The van der Waals surface area contributed by atoms with Gasteiger partial charge < -0.3 is 0 Å². The molecule has 1 aromatic carbocycles. The molecular formula is C18H19N3O2. The second-order valence-electron chi connectivity index (χ2n) is 5.77. The molecule has 1 atom stereocenters. The Morgan fingerprint density at radius 1 is 1.22 bits per heavy atom. The summed E-state index contributed by atoms with van der Waals surface area (Å²) in [6.07, 6.45) is 2.44. The van der Waals surface area contributed by atoms with Gasteiger partial charge >= 0.3 is 0 Å². The van der Waals surface area contributed by atoms with Crippen LogP contribution in [0.25, 0.3) is 0 Å². The van der Waals surface area contributed by atoms with Crippen LogP contribution in [0.2, 0.25) is 0 Å². The lowest BCUT2D eigenvalue weighted by atomic mass is 9.86. The predicted octanol–water partition coefficient (Wildman–Crippen LogP) is 2.44. The minimum Gasteiger partial charge on any atom is -0.283 e. The Hall–Kier alpha value is -2.66. The van der Waals surface area contributed by atoms with Crippen LogP contribution in [0.5, 0.6) is 0 Å². The minimum absolute atomic E-state index is 0.0738. The fourth-order valence-corrected chi connectivity index (χ4v) is 2.87. The largest absolute Gasteiger partial charge is 0.283 e. The van der Waals surface area contributed by atoms with E-state index in [2.05, 4.69) is 0 Å². The van der Waals surface area contributed by atoms with Crippen LogP contribution < -0.4 is 0 Å². The second-order valence-corrected chi connectivity index (χ2v) is 5.77. The molecule has 0 radical (unpaired) electrons. The number of imide groups is 1. The first-order chi connectivity index (χ1) is 11.2. The molecule has 5 nitrogen and oxygen atoms in total.